The zero-order chi connectivity index (χ0) is 15.8. The molecule has 1 aromatic carbocycles. The summed E-state index contributed by atoms with van der Waals surface area (Å²) in [6.45, 7) is 3.37. The number of halogens is 2. The Morgan fingerprint density at radius 1 is 1.22 bits per heavy atom. The summed E-state index contributed by atoms with van der Waals surface area (Å²) in [5.74, 6) is -0.326. The molecule has 0 aliphatic rings. The summed E-state index contributed by atoms with van der Waals surface area (Å²) >= 11 is 0. The highest BCUT2D eigenvalue weighted by Crippen LogP contribution is 2.05. The number of nitrogens with one attached hydrogen (secondary N) is 2. The topological polar surface area (TPSA) is 87.5 Å². The van der Waals surface area contributed by atoms with Gasteiger partial charge in [-0.25, -0.2) is 0 Å². The fourth-order valence-electron chi connectivity index (χ4n) is 1.67. The SMILES string of the molecule is C[C@@H](N)C(=O)NCc1cccc(C(=O)NCCN(C)C)c1.Cl.Cl. The lowest BCUT2D eigenvalue weighted by atomic mass is 10.1. The highest BCUT2D eigenvalue weighted by Gasteiger charge is 2.08. The van der Waals surface area contributed by atoms with E-state index >= 15 is 0 Å². The molecule has 0 aliphatic heterocycles. The number of benzene rings is 1. The summed E-state index contributed by atoms with van der Waals surface area (Å²) in [5, 5.41) is 5.57. The van der Waals surface area contributed by atoms with Gasteiger partial charge in [0, 0.05) is 25.2 Å². The molecule has 23 heavy (non-hydrogen) atoms. The van der Waals surface area contributed by atoms with Crippen molar-refractivity contribution in [1.29, 1.82) is 0 Å². The van der Waals surface area contributed by atoms with E-state index in [2.05, 4.69) is 10.6 Å². The van der Waals surface area contributed by atoms with Crippen LogP contribution in [0.25, 0.3) is 0 Å². The Labute approximate surface area is 150 Å². The van der Waals surface area contributed by atoms with Gasteiger partial charge >= 0.3 is 0 Å². The summed E-state index contributed by atoms with van der Waals surface area (Å²) in [6.07, 6.45) is 0. The molecule has 0 bridgehead atoms. The number of carbonyl (C=O) groups is 2. The van der Waals surface area contributed by atoms with Gasteiger partial charge in [0.25, 0.3) is 5.91 Å². The molecule has 0 spiro atoms. The molecule has 0 radical (unpaired) electrons. The normalized spacial score (nSPS) is 11.0. The number of nitrogens with zero attached hydrogens (tertiary/aromatic N) is 1. The molecule has 0 heterocycles. The first kappa shape index (κ1) is 23.9. The zero-order valence-corrected chi connectivity index (χ0v) is 15.3. The van der Waals surface area contributed by atoms with Crippen molar-refractivity contribution >= 4 is 36.6 Å². The fraction of sp³-hybridized carbons (Fsp3) is 0.467. The van der Waals surface area contributed by atoms with Crippen molar-refractivity contribution in [3.05, 3.63) is 35.4 Å². The maximum absolute atomic E-state index is 12.0. The molecule has 4 N–H and O–H groups in total. The number of likely N-dealkylation sites (N-methyl/N-ethyl adjacent to an activating group) is 1. The smallest absolute Gasteiger partial charge is 0.251 e. The van der Waals surface area contributed by atoms with Crippen LogP contribution < -0.4 is 16.4 Å². The molecule has 1 rings (SSSR count). The zero-order valence-electron chi connectivity index (χ0n) is 13.7. The molecule has 0 aromatic heterocycles. The van der Waals surface area contributed by atoms with Crippen LogP contribution in [0.15, 0.2) is 24.3 Å². The van der Waals surface area contributed by atoms with Gasteiger partial charge in [-0.05, 0) is 38.7 Å². The largest absolute Gasteiger partial charge is 0.351 e. The summed E-state index contributed by atoms with van der Waals surface area (Å²) in [5.41, 5.74) is 6.93. The second-order valence-corrected chi connectivity index (χ2v) is 5.27. The Morgan fingerprint density at radius 3 is 2.43 bits per heavy atom. The summed E-state index contributed by atoms with van der Waals surface area (Å²) in [6, 6.07) is 6.64. The molecule has 8 heteroatoms. The van der Waals surface area contributed by atoms with E-state index in [-0.39, 0.29) is 36.6 Å². The van der Waals surface area contributed by atoms with Gasteiger partial charge in [0.2, 0.25) is 5.91 Å². The molecule has 2 amide bonds. The lowest BCUT2D eigenvalue weighted by Crippen LogP contribution is -2.37. The minimum Gasteiger partial charge on any atom is -0.351 e. The Morgan fingerprint density at radius 2 is 1.87 bits per heavy atom. The van der Waals surface area contributed by atoms with Crippen molar-refractivity contribution in [2.45, 2.75) is 19.5 Å². The number of carbonyl (C=O) groups excluding carboxylic acids is 2. The number of hydrogen-bond donors (Lipinski definition) is 3. The van der Waals surface area contributed by atoms with Crippen molar-refractivity contribution in [2.75, 3.05) is 27.2 Å². The van der Waals surface area contributed by atoms with Crippen LogP contribution in [0.2, 0.25) is 0 Å². The van der Waals surface area contributed by atoms with Crippen molar-refractivity contribution in [3.8, 4) is 0 Å². The summed E-state index contributed by atoms with van der Waals surface area (Å²) < 4.78 is 0. The molecule has 0 saturated carbocycles. The van der Waals surface area contributed by atoms with E-state index in [1.807, 2.05) is 25.1 Å². The Balaban J connectivity index is 0. The first-order valence-corrected chi connectivity index (χ1v) is 6.95. The molecular weight excluding hydrogens is 339 g/mol. The van der Waals surface area contributed by atoms with Crippen molar-refractivity contribution < 1.29 is 9.59 Å². The third-order valence-electron chi connectivity index (χ3n) is 2.91. The van der Waals surface area contributed by atoms with Gasteiger partial charge in [-0.1, -0.05) is 12.1 Å². The molecule has 1 aromatic rings. The first-order valence-electron chi connectivity index (χ1n) is 6.95. The quantitative estimate of drug-likeness (QED) is 0.667. The molecule has 0 saturated heterocycles. The first-order chi connectivity index (χ1) is 9.90. The molecular formula is C15H26Cl2N4O2. The van der Waals surface area contributed by atoms with Gasteiger partial charge in [0.15, 0.2) is 0 Å². The van der Waals surface area contributed by atoms with Crippen LogP contribution in [-0.2, 0) is 11.3 Å². The van der Waals surface area contributed by atoms with Crippen molar-refractivity contribution in [1.82, 2.24) is 15.5 Å². The van der Waals surface area contributed by atoms with E-state index in [0.29, 0.717) is 18.7 Å². The average Bonchev–Trinajstić information content (AvgIpc) is 2.44. The molecule has 0 aliphatic carbocycles. The van der Waals surface area contributed by atoms with E-state index in [0.717, 1.165) is 12.1 Å². The van der Waals surface area contributed by atoms with E-state index < -0.39 is 6.04 Å². The fourth-order valence-corrected chi connectivity index (χ4v) is 1.67. The minimum atomic E-state index is -0.539. The average molecular weight is 365 g/mol. The van der Waals surface area contributed by atoms with Crippen LogP contribution in [0.5, 0.6) is 0 Å². The maximum Gasteiger partial charge on any atom is 0.251 e. The van der Waals surface area contributed by atoms with Gasteiger partial charge < -0.3 is 21.3 Å². The maximum atomic E-state index is 12.0. The second-order valence-electron chi connectivity index (χ2n) is 5.27. The molecule has 0 fully saturated rings. The molecule has 6 nitrogen and oxygen atoms in total. The number of amides is 2. The second kappa shape index (κ2) is 12.1. The van der Waals surface area contributed by atoms with E-state index in [1.54, 1.807) is 25.1 Å². The predicted molar refractivity (Wildman–Crippen MR) is 97.3 cm³/mol. The van der Waals surface area contributed by atoms with Gasteiger partial charge in [-0.3, -0.25) is 9.59 Å². The van der Waals surface area contributed by atoms with E-state index in [1.165, 1.54) is 0 Å². The lowest BCUT2D eigenvalue weighted by molar-refractivity contribution is -0.122. The van der Waals surface area contributed by atoms with Gasteiger partial charge in [0.05, 0.1) is 6.04 Å². The van der Waals surface area contributed by atoms with Crippen LogP contribution >= 0.6 is 24.8 Å². The molecule has 132 valence electrons. The highest BCUT2D eigenvalue weighted by atomic mass is 35.5. The Bertz CT molecular complexity index is 496. The van der Waals surface area contributed by atoms with E-state index in [4.69, 9.17) is 5.73 Å². The number of nitrogens with two attached hydrogens (primary N) is 1. The monoisotopic (exact) mass is 364 g/mol. The van der Waals surface area contributed by atoms with E-state index in [9.17, 15) is 9.59 Å². The standard InChI is InChI=1S/C15H24N4O2.2ClH/c1-11(16)14(20)18-10-12-5-4-6-13(9-12)15(21)17-7-8-19(2)3;;/h4-6,9,11H,7-8,10,16H2,1-3H3,(H,17,21)(H,18,20);2*1H/t11-;;/m1../s1. The van der Waals surface area contributed by atoms with Crippen LogP contribution in [0.3, 0.4) is 0 Å². The lowest BCUT2D eigenvalue weighted by Gasteiger charge is -2.11. The highest BCUT2D eigenvalue weighted by molar-refractivity contribution is 5.94. The van der Waals surface area contributed by atoms with Crippen LogP contribution in [0.1, 0.15) is 22.8 Å². The Kier molecular flexibility index (Phi) is 12.6. The van der Waals surface area contributed by atoms with Crippen LogP contribution in [0.4, 0.5) is 0 Å². The summed E-state index contributed by atoms with van der Waals surface area (Å²) in [4.78, 5) is 25.4. The van der Waals surface area contributed by atoms with Crippen molar-refractivity contribution in [3.63, 3.8) is 0 Å². The van der Waals surface area contributed by atoms with Gasteiger partial charge in [-0.2, -0.15) is 0 Å². The third kappa shape index (κ3) is 9.40. The van der Waals surface area contributed by atoms with Gasteiger partial charge in [0.1, 0.15) is 0 Å². The van der Waals surface area contributed by atoms with Crippen LogP contribution in [0, 0.1) is 0 Å². The van der Waals surface area contributed by atoms with Gasteiger partial charge in [-0.15, -0.1) is 24.8 Å². The number of rotatable bonds is 7. The third-order valence-corrected chi connectivity index (χ3v) is 2.91. The molecule has 0 unspecified atom stereocenters. The Hall–Kier alpha value is -1.34. The van der Waals surface area contributed by atoms with Crippen LogP contribution in [-0.4, -0.2) is 49.9 Å². The summed E-state index contributed by atoms with van der Waals surface area (Å²) in [7, 11) is 3.90. The molecule has 1 atom stereocenters. The predicted octanol–water partition coefficient (Wildman–Crippen LogP) is 0.785. The minimum absolute atomic E-state index is 0. The number of hydrogen-bond acceptors (Lipinski definition) is 4. The van der Waals surface area contributed by atoms with Crippen molar-refractivity contribution in [2.24, 2.45) is 5.73 Å².